The van der Waals surface area contributed by atoms with Gasteiger partial charge in [0.1, 0.15) is 5.82 Å². The van der Waals surface area contributed by atoms with Crippen LogP contribution >= 0.6 is 0 Å². The molecule has 0 aromatic heterocycles. The summed E-state index contributed by atoms with van der Waals surface area (Å²) in [6, 6.07) is 7.16. The SMILES string of the molecule is CCCCC(CNC(C)(C)C)c1ccccc1F. The molecular formula is C16H26FN. The lowest BCUT2D eigenvalue weighted by Gasteiger charge is -2.26. The number of benzene rings is 1. The number of nitrogens with one attached hydrogen (secondary N) is 1. The topological polar surface area (TPSA) is 12.0 Å². The largest absolute Gasteiger partial charge is 0.311 e. The molecule has 1 atom stereocenters. The zero-order valence-electron chi connectivity index (χ0n) is 12.1. The third kappa shape index (κ3) is 5.18. The molecule has 0 heterocycles. The highest BCUT2D eigenvalue weighted by atomic mass is 19.1. The molecular weight excluding hydrogens is 225 g/mol. The van der Waals surface area contributed by atoms with E-state index < -0.39 is 0 Å². The molecule has 1 unspecified atom stereocenters. The average molecular weight is 251 g/mol. The monoisotopic (exact) mass is 251 g/mol. The molecule has 18 heavy (non-hydrogen) atoms. The van der Waals surface area contributed by atoms with Crippen molar-refractivity contribution >= 4 is 0 Å². The summed E-state index contributed by atoms with van der Waals surface area (Å²) in [5.41, 5.74) is 0.929. The van der Waals surface area contributed by atoms with Gasteiger partial charge in [0.05, 0.1) is 0 Å². The average Bonchev–Trinajstić information content (AvgIpc) is 2.29. The van der Waals surface area contributed by atoms with Crippen LogP contribution in [0.15, 0.2) is 24.3 Å². The molecule has 0 radical (unpaired) electrons. The molecule has 102 valence electrons. The van der Waals surface area contributed by atoms with E-state index in [-0.39, 0.29) is 17.3 Å². The summed E-state index contributed by atoms with van der Waals surface area (Å²) in [4.78, 5) is 0. The molecule has 1 N–H and O–H groups in total. The van der Waals surface area contributed by atoms with Gasteiger partial charge in [-0.1, -0.05) is 38.0 Å². The first-order valence-electron chi connectivity index (χ1n) is 6.93. The van der Waals surface area contributed by atoms with Crippen molar-refractivity contribution in [3.63, 3.8) is 0 Å². The predicted molar refractivity (Wildman–Crippen MR) is 76.4 cm³/mol. The van der Waals surface area contributed by atoms with Crippen molar-refractivity contribution in [2.75, 3.05) is 6.54 Å². The molecule has 0 spiro atoms. The highest BCUT2D eigenvalue weighted by Crippen LogP contribution is 2.24. The van der Waals surface area contributed by atoms with Crippen LogP contribution in [0.1, 0.15) is 58.4 Å². The number of rotatable bonds is 6. The van der Waals surface area contributed by atoms with Gasteiger partial charge in [0.25, 0.3) is 0 Å². The molecule has 0 amide bonds. The van der Waals surface area contributed by atoms with Crippen LogP contribution < -0.4 is 5.32 Å². The van der Waals surface area contributed by atoms with Crippen molar-refractivity contribution in [1.82, 2.24) is 5.32 Å². The van der Waals surface area contributed by atoms with Gasteiger partial charge in [-0.2, -0.15) is 0 Å². The van der Waals surface area contributed by atoms with Gasteiger partial charge in [-0.15, -0.1) is 0 Å². The third-order valence-electron chi connectivity index (χ3n) is 3.13. The van der Waals surface area contributed by atoms with Crippen LogP contribution in [-0.2, 0) is 0 Å². The van der Waals surface area contributed by atoms with Crippen LogP contribution in [0, 0.1) is 5.82 Å². The second kappa shape index (κ2) is 6.89. The molecule has 0 saturated heterocycles. The van der Waals surface area contributed by atoms with E-state index in [9.17, 15) is 4.39 Å². The van der Waals surface area contributed by atoms with E-state index >= 15 is 0 Å². The van der Waals surface area contributed by atoms with E-state index in [1.165, 1.54) is 0 Å². The normalized spacial score (nSPS) is 13.6. The van der Waals surface area contributed by atoms with Crippen LogP contribution in [0.4, 0.5) is 4.39 Å². The van der Waals surface area contributed by atoms with E-state index in [0.29, 0.717) is 0 Å². The number of hydrogen-bond donors (Lipinski definition) is 1. The Morgan fingerprint density at radius 3 is 2.44 bits per heavy atom. The molecule has 0 bridgehead atoms. The smallest absolute Gasteiger partial charge is 0.126 e. The summed E-state index contributed by atoms with van der Waals surface area (Å²) in [7, 11) is 0. The van der Waals surface area contributed by atoms with Gasteiger partial charge in [-0.25, -0.2) is 4.39 Å². The maximum atomic E-state index is 13.9. The lowest BCUT2D eigenvalue weighted by Crippen LogP contribution is -2.38. The van der Waals surface area contributed by atoms with E-state index in [1.54, 1.807) is 12.1 Å². The summed E-state index contributed by atoms with van der Waals surface area (Å²) in [5.74, 6) is 0.194. The zero-order valence-corrected chi connectivity index (χ0v) is 12.1. The van der Waals surface area contributed by atoms with Crippen LogP contribution in [0.5, 0.6) is 0 Å². The molecule has 1 nitrogen and oxygen atoms in total. The van der Waals surface area contributed by atoms with Gasteiger partial charge < -0.3 is 5.32 Å². The molecule has 0 saturated carbocycles. The first kappa shape index (κ1) is 15.2. The van der Waals surface area contributed by atoms with Crippen molar-refractivity contribution in [1.29, 1.82) is 0 Å². The Morgan fingerprint density at radius 2 is 1.89 bits per heavy atom. The van der Waals surface area contributed by atoms with Crippen LogP contribution in [0.3, 0.4) is 0 Å². The van der Waals surface area contributed by atoms with Gasteiger partial charge in [-0.3, -0.25) is 0 Å². The van der Waals surface area contributed by atoms with Gasteiger partial charge in [0, 0.05) is 12.1 Å². The first-order valence-corrected chi connectivity index (χ1v) is 6.93. The molecule has 0 aliphatic heterocycles. The second-order valence-corrected chi connectivity index (χ2v) is 5.99. The molecule has 2 heteroatoms. The van der Waals surface area contributed by atoms with E-state index in [0.717, 1.165) is 31.4 Å². The number of halogens is 1. The third-order valence-corrected chi connectivity index (χ3v) is 3.13. The predicted octanol–water partition coefficient (Wildman–Crippen LogP) is 4.49. The van der Waals surface area contributed by atoms with E-state index in [4.69, 9.17) is 0 Å². The van der Waals surface area contributed by atoms with Crippen molar-refractivity contribution in [3.05, 3.63) is 35.6 Å². The second-order valence-electron chi connectivity index (χ2n) is 5.99. The standard InChI is InChI=1S/C16H26FN/c1-5-6-9-13(12-18-16(2,3)4)14-10-7-8-11-15(14)17/h7-8,10-11,13,18H,5-6,9,12H2,1-4H3. The van der Waals surface area contributed by atoms with Crippen LogP contribution in [0.25, 0.3) is 0 Å². The highest BCUT2D eigenvalue weighted by Gasteiger charge is 2.18. The van der Waals surface area contributed by atoms with Gasteiger partial charge >= 0.3 is 0 Å². The zero-order chi connectivity index (χ0) is 13.6. The summed E-state index contributed by atoms with van der Waals surface area (Å²) < 4.78 is 13.9. The number of unbranched alkanes of at least 4 members (excludes halogenated alkanes) is 1. The van der Waals surface area contributed by atoms with E-state index in [2.05, 4.69) is 33.0 Å². The fourth-order valence-corrected chi connectivity index (χ4v) is 2.05. The molecule has 1 aromatic rings. The van der Waals surface area contributed by atoms with Gasteiger partial charge in [-0.05, 0) is 44.7 Å². The number of hydrogen-bond acceptors (Lipinski definition) is 1. The minimum absolute atomic E-state index is 0.0747. The van der Waals surface area contributed by atoms with Crippen molar-refractivity contribution in [2.45, 2.75) is 58.4 Å². The maximum absolute atomic E-state index is 13.9. The Labute approximate surface area is 111 Å². The quantitative estimate of drug-likeness (QED) is 0.785. The summed E-state index contributed by atoms with van der Waals surface area (Å²) in [5, 5.41) is 3.49. The lowest BCUT2D eigenvalue weighted by molar-refractivity contribution is 0.391. The van der Waals surface area contributed by atoms with Crippen molar-refractivity contribution in [2.24, 2.45) is 0 Å². The summed E-state index contributed by atoms with van der Waals surface area (Å²) >= 11 is 0. The van der Waals surface area contributed by atoms with Crippen LogP contribution in [0.2, 0.25) is 0 Å². The molecule has 0 aliphatic rings. The van der Waals surface area contributed by atoms with Gasteiger partial charge in [0.15, 0.2) is 0 Å². The Kier molecular flexibility index (Phi) is 5.80. The lowest BCUT2D eigenvalue weighted by atomic mass is 9.92. The van der Waals surface area contributed by atoms with Gasteiger partial charge in [0.2, 0.25) is 0 Å². The molecule has 0 aliphatic carbocycles. The Balaban J connectivity index is 2.75. The Hall–Kier alpha value is -0.890. The molecule has 0 fully saturated rings. The highest BCUT2D eigenvalue weighted by molar-refractivity contribution is 5.22. The van der Waals surface area contributed by atoms with Crippen LogP contribution in [-0.4, -0.2) is 12.1 Å². The molecule has 1 rings (SSSR count). The Bertz CT molecular complexity index is 354. The molecule has 1 aromatic carbocycles. The van der Waals surface area contributed by atoms with Crippen molar-refractivity contribution in [3.8, 4) is 0 Å². The fourth-order valence-electron chi connectivity index (χ4n) is 2.05. The first-order chi connectivity index (χ1) is 8.44. The fraction of sp³-hybridized carbons (Fsp3) is 0.625. The summed E-state index contributed by atoms with van der Waals surface area (Å²) in [6.45, 7) is 9.45. The minimum atomic E-state index is -0.0747. The maximum Gasteiger partial charge on any atom is 0.126 e. The van der Waals surface area contributed by atoms with E-state index in [1.807, 2.05) is 12.1 Å². The van der Waals surface area contributed by atoms with Crippen molar-refractivity contribution < 1.29 is 4.39 Å². The summed E-state index contributed by atoms with van der Waals surface area (Å²) in [6.07, 6.45) is 3.34. The minimum Gasteiger partial charge on any atom is -0.311 e. The Morgan fingerprint density at radius 1 is 1.22 bits per heavy atom.